The highest BCUT2D eigenvalue weighted by Crippen LogP contribution is 2.19. The van der Waals surface area contributed by atoms with Gasteiger partial charge in [0, 0.05) is 44.5 Å². The monoisotopic (exact) mass is 336 g/mol. The van der Waals surface area contributed by atoms with Gasteiger partial charge in [0.05, 0.1) is 6.33 Å². The summed E-state index contributed by atoms with van der Waals surface area (Å²) in [5, 5.41) is 2.99. The number of likely N-dealkylation sites (tertiary alicyclic amines) is 1. The minimum atomic E-state index is -0.486. The van der Waals surface area contributed by atoms with Crippen LogP contribution in [0.3, 0.4) is 0 Å². The summed E-state index contributed by atoms with van der Waals surface area (Å²) in [7, 11) is 0. The van der Waals surface area contributed by atoms with E-state index in [0.717, 1.165) is 13.0 Å². The van der Waals surface area contributed by atoms with Crippen LogP contribution in [0.15, 0.2) is 18.7 Å². The summed E-state index contributed by atoms with van der Waals surface area (Å²) in [6.07, 6.45) is 7.39. The molecule has 0 spiro atoms. The van der Waals surface area contributed by atoms with Gasteiger partial charge >= 0.3 is 6.09 Å². The standard InChI is InChI=1S/C17H28N4O3/c1-17(2,3)24-16(23)21-10-5-14(6-11-21)15(22)19-7-4-9-20-12-8-18-13-20/h8,12-14H,4-7,9-11H2,1-3H3,(H,19,22). The summed E-state index contributed by atoms with van der Waals surface area (Å²) < 4.78 is 7.36. The summed E-state index contributed by atoms with van der Waals surface area (Å²) in [5.74, 6) is 0.0707. The van der Waals surface area contributed by atoms with Gasteiger partial charge in [-0.3, -0.25) is 4.79 Å². The van der Waals surface area contributed by atoms with Gasteiger partial charge in [-0.15, -0.1) is 0 Å². The first-order valence-electron chi connectivity index (χ1n) is 8.56. The SMILES string of the molecule is CC(C)(C)OC(=O)N1CCC(C(=O)NCCCn2ccnc2)CC1. The molecule has 2 heterocycles. The van der Waals surface area contributed by atoms with Crippen LogP contribution in [0, 0.1) is 5.92 Å². The molecule has 1 aliphatic heterocycles. The van der Waals surface area contributed by atoms with E-state index in [9.17, 15) is 9.59 Å². The van der Waals surface area contributed by atoms with E-state index in [1.54, 1.807) is 17.4 Å². The van der Waals surface area contributed by atoms with Gasteiger partial charge < -0.3 is 19.5 Å². The molecule has 0 bridgehead atoms. The van der Waals surface area contributed by atoms with E-state index in [2.05, 4.69) is 10.3 Å². The summed E-state index contributed by atoms with van der Waals surface area (Å²) >= 11 is 0. The van der Waals surface area contributed by atoms with Gasteiger partial charge in [0.15, 0.2) is 0 Å². The lowest BCUT2D eigenvalue weighted by Gasteiger charge is -2.32. The molecule has 0 aliphatic carbocycles. The zero-order chi connectivity index (χ0) is 17.6. The molecule has 134 valence electrons. The molecule has 1 aromatic heterocycles. The number of aryl methyl sites for hydroxylation is 1. The minimum Gasteiger partial charge on any atom is -0.444 e. The maximum atomic E-state index is 12.2. The van der Waals surface area contributed by atoms with Gasteiger partial charge in [0.2, 0.25) is 5.91 Å². The third kappa shape index (κ3) is 5.86. The molecular formula is C17H28N4O3. The van der Waals surface area contributed by atoms with Gasteiger partial charge in [-0.2, -0.15) is 0 Å². The largest absolute Gasteiger partial charge is 0.444 e. The number of nitrogens with zero attached hydrogens (tertiary/aromatic N) is 3. The van der Waals surface area contributed by atoms with Crippen LogP contribution in [0.2, 0.25) is 0 Å². The smallest absolute Gasteiger partial charge is 0.410 e. The van der Waals surface area contributed by atoms with E-state index in [1.165, 1.54) is 0 Å². The lowest BCUT2D eigenvalue weighted by atomic mass is 9.96. The summed E-state index contributed by atoms with van der Waals surface area (Å²) in [6, 6.07) is 0. The molecule has 0 unspecified atom stereocenters. The van der Waals surface area contributed by atoms with Gasteiger partial charge in [-0.1, -0.05) is 0 Å². The molecule has 24 heavy (non-hydrogen) atoms. The average molecular weight is 336 g/mol. The van der Waals surface area contributed by atoms with Crippen molar-refractivity contribution in [2.75, 3.05) is 19.6 Å². The fraction of sp³-hybridized carbons (Fsp3) is 0.706. The topological polar surface area (TPSA) is 76.5 Å². The van der Waals surface area contributed by atoms with Crippen molar-refractivity contribution in [1.82, 2.24) is 19.8 Å². The second kappa shape index (κ2) is 8.17. The molecule has 1 N–H and O–H groups in total. The summed E-state index contributed by atoms with van der Waals surface area (Å²) in [5.41, 5.74) is -0.486. The third-order valence-electron chi connectivity index (χ3n) is 3.97. The first-order valence-corrected chi connectivity index (χ1v) is 8.56. The Morgan fingerprint density at radius 2 is 2.00 bits per heavy atom. The number of imidazole rings is 1. The predicted octanol–water partition coefficient (Wildman–Crippen LogP) is 2.04. The van der Waals surface area contributed by atoms with Crippen molar-refractivity contribution < 1.29 is 14.3 Å². The highest BCUT2D eigenvalue weighted by Gasteiger charge is 2.29. The molecule has 2 rings (SSSR count). The van der Waals surface area contributed by atoms with Crippen molar-refractivity contribution >= 4 is 12.0 Å². The maximum absolute atomic E-state index is 12.2. The van der Waals surface area contributed by atoms with Crippen molar-refractivity contribution in [3.63, 3.8) is 0 Å². The molecule has 1 aliphatic rings. The number of ether oxygens (including phenoxy) is 1. The molecule has 0 atom stereocenters. The Labute approximate surface area is 143 Å². The highest BCUT2D eigenvalue weighted by molar-refractivity contribution is 5.79. The number of piperidine rings is 1. The second-order valence-corrected chi connectivity index (χ2v) is 7.19. The van der Waals surface area contributed by atoms with Gasteiger partial charge in [0.1, 0.15) is 5.60 Å². The van der Waals surface area contributed by atoms with Gasteiger partial charge in [0.25, 0.3) is 0 Å². The first kappa shape index (κ1) is 18.3. The number of hydrogen-bond acceptors (Lipinski definition) is 4. The maximum Gasteiger partial charge on any atom is 0.410 e. The van der Waals surface area contributed by atoms with E-state index < -0.39 is 5.60 Å². The number of carbonyl (C=O) groups is 2. The van der Waals surface area contributed by atoms with Crippen molar-refractivity contribution in [2.45, 2.75) is 52.2 Å². The number of nitrogens with one attached hydrogen (secondary N) is 1. The van der Waals surface area contributed by atoms with Crippen molar-refractivity contribution in [2.24, 2.45) is 5.92 Å². The third-order valence-corrected chi connectivity index (χ3v) is 3.97. The lowest BCUT2D eigenvalue weighted by molar-refractivity contribution is -0.126. The summed E-state index contributed by atoms with van der Waals surface area (Å²) in [4.78, 5) is 29.9. The number of hydrogen-bond donors (Lipinski definition) is 1. The lowest BCUT2D eigenvalue weighted by Crippen LogP contribution is -2.45. The Morgan fingerprint density at radius 1 is 1.29 bits per heavy atom. The molecule has 1 fully saturated rings. The Kier molecular flexibility index (Phi) is 6.23. The van der Waals surface area contributed by atoms with Crippen molar-refractivity contribution in [1.29, 1.82) is 0 Å². The fourth-order valence-corrected chi connectivity index (χ4v) is 2.69. The van der Waals surface area contributed by atoms with Crippen LogP contribution in [0.25, 0.3) is 0 Å². The number of amides is 2. The molecule has 2 amide bonds. The molecule has 0 aromatic carbocycles. The Bertz CT molecular complexity index is 529. The van der Waals surface area contributed by atoms with Crippen molar-refractivity contribution in [3.8, 4) is 0 Å². The van der Waals surface area contributed by atoms with Crippen LogP contribution >= 0.6 is 0 Å². The minimum absolute atomic E-state index is 0.0167. The molecule has 1 aromatic rings. The van der Waals surface area contributed by atoms with E-state index >= 15 is 0 Å². The number of rotatable bonds is 5. The average Bonchev–Trinajstić information content (AvgIpc) is 3.03. The molecule has 7 heteroatoms. The van der Waals surface area contributed by atoms with E-state index in [4.69, 9.17) is 4.74 Å². The Hall–Kier alpha value is -2.05. The molecular weight excluding hydrogens is 308 g/mol. The Balaban J connectivity index is 1.64. The first-order chi connectivity index (χ1) is 11.3. The fourth-order valence-electron chi connectivity index (χ4n) is 2.69. The van der Waals surface area contributed by atoms with E-state index in [-0.39, 0.29) is 17.9 Å². The van der Waals surface area contributed by atoms with Crippen LogP contribution in [-0.2, 0) is 16.1 Å². The zero-order valence-electron chi connectivity index (χ0n) is 14.8. The van der Waals surface area contributed by atoms with Crippen molar-refractivity contribution in [3.05, 3.63) is 18.7 Å². The van der Waals surface area contributed by atoms with E-state index in [1.807, 2.05) is 31.5 Å². The van der Waals surface area contributed by atoms with Crippen LogP contribution in [0.1, 0.15) is 40.0 Å². The normalized spacial score (nSPS) is 16.0. The van der Waals surface area contributed by atoms with Crippen LogP contribution < -0.4 is 5.32 Å². The zero-order valence-corrected chi connectivity index (χ0v) is 14.8. The second-order valence-electron chi connectivity index (χ2n) is 7.19. The summed E-state index contributed by atoms with van der Waals surface area (Å²) in [6.45, 7) is 8.21. The Morgan fingerprint density at radius 3 is 2.58 bits per heavy atom. The van der Waals surface area contributed by atoms with Crippen LogP contribution in [0.4, 0.5) is 4.79 Å². The molecule has 1 saturated heterocycles. The highest BCUT2D eigenvalue weighted by atomic mass is 16.6. The molecule has 7 nitrogen and oxygen atoms in total. The quantitative estimate of drug-likeness (QED) is 0.835. The molecule has 0 radical (unpaired) electrons. The molecule has 0 saturated carbocycles. The van der Waals surface area contributed by atoms with Crippen LogP contribution in [0.5, 0.6) is 0 Å². The van der Waals surface area contributed by atoms with Gasteiger partial charge in [-0.05, 0) is 40.0 Å². The van der Waals surface area contributed by atoms with E-state index in [0.29, 0.717) is 32.5 Å². The number of carbonyl (C=O) groups excluding carboxylic acids is 2. The van der Waals surface area contributed by atoms with Crippen LogP contribution in [-0.4, -0.2) is 51.7 Å². The van der Waals surface area contributed by atoms with Gasteiger partial charge in [-0.25, -0.2) is 9.78 Å². The number of aromatic nitrogens is 2. The predicted molar refractivity (Wildman–Crippen MR) is 90.4 cm³/mol.